The second kappa shape index (κ2) is 5.18. The Bertz CT molecular complexity index is 773. The van der Waals surface area contributed by atoms with Gasteiger partial charge in [0.2, 0.25) is 5.82 Å². The summed E-state index contributed by atoms with van der Waals surface area (Å²) in [6.45, 7) is 3.84. The van der Waals surface area contributed by atoms with Crippen molar-refractivity contribution in [1.82, 2.24) is 15.1 Å². The molecule has 3 rings (SSSR count). The van der Waals surface area contributed by atoms with Crippen LogP contribution in [0.1, 0.15) is 11.4 Å². The van der Waals surface area contributed by atoms with Crippen molar-refractivity contribution in [2.45, 2.75) is 13.8 Å². The van der Waals surface area contributed by atoms with Crippen molar-refractivity contribution in [3.05, 3.63) is 46.7 Å². The number of nitrogens with zero attached hydrogens (tertiary/aromatic N) is 3. The zero-order valence-electron chi connectivity index (χ0n) is 11.6. The van der Waals surface area contributed by atoms with Crippen LogP contribution in [-0.4, -0.2) is 15.1 Å². The lowest BCUT2D eigenvalue weighted by Gasteiger charge is -2.02. The van der Waals surface area contributed by atoms with E-state index < -0.39 is 0 Å². The molecule has 21 heavy (non-hydrogen) atoms. The summed E-state index contributed by atoms with van der Waals surface area (Å²) in [4.78, 5) is 8.71. The second-order valence-electron chi connectivity index (χ2n) is 4.77. The highest BCUT2D eigenvalue weighted by Crippen LogP contribution is 2.33. The van der Waals surface area contributed by atoms with Crippen LogP contribution in [0.4, 0.5) is 5.69 Å². The summed E-state index contributed by atoms with van der Waals surface area (Å²) < 4.78 is 5.30. The fourth-order valence-electron chi connectivity index (χ4n) is 2.17. The van der Waals surface area contributed by atoms with E-state index in [-0.39, 0.29) is 0 Å². The number of aryl methyl sites for hydroxylation is 2. The quantitative estimate of drug-likeness (QED) is 0.731. The van der Waals surface area contributed by atoms with Crippen LogP contribution >= 0.6 is 11.6 Å². The number of anilines is 1. The molecule has 106 valence electrons. The number of aromatic nitrogens is 3. The Morgan fingerprint density at radius 3 is 2.48 bits per heavy atom. The van der Waals surface area contributed by atoms with E-state index in [1.54, 1.807) is 18.2 Å². The molecule has 0 aliphatic carbocycles. The van der Waals surface area contributed by atoms with Crippen LogP contribution in [0.2, 0.25) is 5.02 Å². The van der Waals surface area contributed by atoms with E-state index in [0.717, 1.165) is 17.0 Å². The molecule has 0 aliphatic rings. The monoisotopic (exact) mass is 300 g/mol. The van der Waals surface area contributed by atoms with Crippen molar-refractivity contribution < 1.29 is 4.52 Å². The van der Waals surface area contributed by atoms with Crippen LogP contribution < -0.4 is 5.73 Å². The second-order valence-corrected chi connectivity index (χ2v) is 5.17. The maximum Gasteiger partial charge on any atom is 0.261 e. The number of benzene rings is 1. The van der Waals surface area contributed by atoms with Gasteiger partial charge >= 0.3 is 0 Å². The predicted octanol–water partition coefficient (Wildman–Crippen LogP) is 3.65. The summed E-state index contributed by atoms with van der Waals surface area (Å²) in [5.41, 5.74) is 9.62. The van der Waals surface area contributed by atoms with Gasteiger partial charge in [-0.2, -0.15) is 4.98 Å². The fourth-order valence-corrected chi connectivity index (χ4v) is 2.43. The maximum absolute atomic E-state index is 6.15. The number of rotatable bonds is 2. The minimum absolute atomic E-state index is 0.306. The number of nitrogen functional groups attached to an aromatic ring is 1. The topological polar surface area (TPSA) is 77.8 Å². The van der Waals surface area contributed by atoms with E-state index in [0.29, 0.717) is 28.0 Å². The molecule has 0 atom stereocenters. The molecule has 0 saturated heterocycles. The molecule has 0 bridgehead atoms. The molecular weight excluding hydrogens is 288 g/mol. The van der Waals surface area contributed by atoms with Gasteiger partial charge in [-0.05, 0) is 38.1 Å². The van der Waals surface area contributed by atoms with Crippen molar-refractivity contribution in [3.8, 4) is 22.8 Å². The predicted molar refractivity (Wildman–Crippen MR) is 81.9 cm³/mol. The van der Waals surface area contributed by atoms with Gasteiger partial charge in [0.15, 0.2) is 0 Å². The van der Waals surface area contributed by atoms with Gasteiger partial charge in [-0.1, -0.05) is 22.8 Å². The summed E-state index contributed by atoms with van der Waals surface area (Å²) in [7, 11) is 0. The van der Waals surface area contributed by atoms with Crippen LogP contribution in [0.25, 0.3) is 22.8 Å². The standard InChI is InChI=1S/C15H13ClN4O/c1-8-6-10(7-9(2)18-8)14-19-15(21-20-14)13-11(16)4-3-5-12(13)17/h3-7H,17H2,1-2H3. The first-order valence-electron chi connectivity index (χ1n) is 6.38. The first kappa shape index (κ1) is 13.6. The van der Waals surface area contributed by atoms with E-state index in [1.165, 1.54) is 0 Å². The van der Waals surface area contributed by atoms with Crippen molar-refractivity contribution in [3.63, 3.8) is 0 Å². The number of hydrogen-bond donors (Lipinski definition) is 1. The molecule has 0 radical (unpaired) electrons. The normalized spacial score (nSPS) is 10.8. The number of pyridine rings is 1. The SMILES string of the molecule is Cc1cc(-c2noc(-c3c(N)cccc3Cl)n2)cc(C)n1. The third-order valence-electron chi connectivity index (χ3n) is 3.03. The number of nitrogens with two attached hydrogens (primary N) is 1. The first-order valence-corrected chi connectivity index (χ1v) is 6.76. The molecule has 2 heterocycles. The molecule has 0 saturated carbocycles. The zero-order chi connectivity index (χ0) is 15.0. The van der Waals surface area contributed by atoms with E-state index in [4.69, 9.17) is 21.9 Å². The molecule has 2 aromatic heterocycles. The Labute approximate surface area is 126 Å². The Morgan fingerprint density at radius 2 is 1.81 bits per heavy atom. The van der Waals surface area contributed by atoms with Crippen LogP contribution in [0.3, 0.4) is 0 Å². The van der Waals surface area contributed by atoms with Crippen LogP contribution in [0.5, 0.6) is 0 Å². The van der Waals surface area contributed by atoms with Gasteiger partial charge in [0.05, 0.1) is 10.6 Å². The van der Waals surface area contributed by atoms with E-state index in [9.17, 15) is 0 Å². The average Bonchev–Trinajstić information content (AvgIpc) is 2.87. The highest BCUT2D eigenvalue weighted by molar-refractivity contribution is 6.33. The minimum atomic E-state index is 0.306. The third kappa shape index (κ3) is 2.60. The molecular formula is C15H13ClN4O. The molecule has 0 fully saturated rings. The lowest BCUT2D eigenvalue weighted by molar-refractivity contribution is 0.432. The zero-order valence-corrected chi connectivity index (χ0v) is 12.3. The van der Waals surface area contributed by atoms with Crippen molar-refractivity contribution >= 4 is 17.3 Å². The summed E-state index contributed by atoms with van der Waals surface area (Å²) >= 11 is 6.15. The summed E-state index contributed by atoms with van der Waals surface area (Å²) in [6, 6.07) is 9.05. The maximum atomic E-state index is 6.15. The molecule has 0 aliphatic heterocycles. The van der Waals surface area contributed by atoms with Gasteiger partial charge in [0, 0.05) is 22.6 Å². The molecule has 0 unspecified atom stereocenters. The average molecular weight is 301 g/mol. The lowest BCUT2D eigenvalue weighted by Crippen LogP contribution is -1.91. The largest absolute Gasteiger partial charge is 0.398 e. The molecule has 2 N–H and O–H groups in total. The molecule has 0 amide bonds. The Balaban J connectivity index is 2.08. The van der Waals surface area contributed by atoms with Gasteiger partial charge in [-0.3, -0.25) is 4.98 Å². The smallest absolute Gasteiger partial charge is 0.261 e. The van der Waals surface area contributed by atoms with Gasteiger partial charge in [0.25, 0.3) is 5.89 Å². The van der Waals surface area contributed by atoms with Gasteiger partial charge in [-0.15, -0.1) is 0 Å². The summed E-state index contributed by atoms with van der Waals surface area (Å²) in [5, 5.41) is 4.48. The van der Waals surface area contributed by atoms with Crippen LogP contribution in [0.15, 0.2) is 34.9 Å². The Morgan fingerprint density at radius 1 is 1.10 bits per heavy atom. The highest BCUT2D eigenvalue weighted by atomic mass is 35.5. The first-order chi connectivity index (χ1) is 10.0. The third-order valence-corrected chi connectivity index (χ3v) is 3.34. The van der Waals surface area contributed by atoms with E-state index in [1.807, 2.05) is 26.0 Å². The van der Waals surface area contributed by atoms with Crippen molar-refractivity contribution in [1.29, 1.82) is 0 Å². The van der Waals surface area contributed by atoms with Crippen LogP contribution in [-0.2, 0) is 0 Å². The number of halogens is 1. The fraction of sp³-hybridized carbons (Fsp3) is 0.133. The molecule has 3 aromatic rings. The molecule has 0 spiro atoms. The Hall–Kier alpha value is -2.40. The Kier molecular flexibility index (Phi) is 3.35. The molecule has 6 heteroatoms. The van der Waals surface area contributed by atoms with E-state index in [2.05, 4.69) is 15.1 Å². The minimum Gasteiger partial charge on any atom is -0.398 e. The molecule has 1 aromatic carbocycles. The summed E-state index contributed by atoms with van der Waals surface area (Å²) in [5.74, 6) is 0.790. The van der Waals surface area contributed by atoms with E-state index >= 15 is 0 Å². The highest BCUT2D eigenvalue weighted by Gasteiger charge is 2.16. The van der Waals surface area contributed by atoms with Gasteiger partial charge in [0.1, 0.15) is 0 Å². The van der Waals surface area contributed by atoms with Crippen molar-refractivity contribution in [2.24, 2.45) is 0 Å². The number of hydrogen-bond acceptors (Lipinski definition) is 5. The lowest BCUT2D eigenvalue weighted by atomic mass is 10.1. The van der Waals surface area contributed by atoms with Gasteiger partial charge in [-0.25, -0.2) is 0 Å². The summed E-state index contributed by atoms with van der Waals surface area (Å²) in [6.07, 6.45) is 0. The van der Waals surface area contributed by atoms with Crippen molar-refractivity contribution in [2.75, 3.05) is 5.73 Å². The van der Waals surface area contributed by atoms with Gasteiger partial charge < -0.3 is 10.3 Å². The van der Waals surface area contributed by atoms with Crippen LogP contribution in [0, 0.1) is 13.8 Å². The molecule has 5 nitrogen and oxygen atoms in total.